The molecule has 22 heavy (non-hydrogen) atoms. The molecule has 1 aliphatic heterocycles. The maximum absolute atomic E-state index is 6.04. The number of anilines is 2. The molecule has 3 N–H and O–H groups in total. The lowest BCUT2D eigenvalue weighted by molar-refractivity contribution is 0.105. The van der Waals surface area contributed by atoms with E-state index in [1.165, 1.54) is 58.0 Å². The number of para-hydroxylation sites is 2. The summed E-state index contributed by atoms with van der Waals surface area (Å²) in [6.45, 7) is 4.91. The number of nitrogens with one attached hydrogen (secondary N) is 1. The van der Waals surface area contributed by atoms with E-state index >= 15 is 0 Å². The average molecular weight is 301 g/mol. The summed E-state index contributed by atoms with van der Waals surface area (Å²) >= 11 is 0. The van der Waals surface area contributed by atoms with Gasteiger partial charge in [-0.25, -0.2) is 0 Å². The highest BCUT2D eigenvalue weighted by atomic mass is 15.2. The predicted octanol–water partition coefficient (Wildman–Crippen LogP) is 4.11. The van der Waals surface area contributed by atoms with Crippen molar-refractivity contribution in [1.29, 1.82) is 0 Å². The van der Waals surface area contributed by atoms with Gasteiger partial charge in [0, 0.05) is 25.2 Å². The Labute approximate surface area is 135 Å². The molecule has 122 valence electrons. The van der Waals surface area contributed by atoms with Gasteiger partial charge in [-0.3, -0.25) is 0 Å². The Morgan fingerprint density at radius 3 is 2.41 bits per heavy atom. The average Bonchev–Trinajstić information content (AvgIpc) is 2.58. The molecule has 0 bridgehead atoms. The number of piperidine rings is 1. The summed E-state index contributed by atoms with van der Waals surface area (Å²) in [5.41, 5.74) is 8.00. The lowest BCUT2D eigenvalue weighted by atomic mass is 9.83. The van der Waals surface area contributed by atoms with E-state index in [1.807, 2.05) is 12.1 Å². The van der Waals surface area contributed by atoms with Gasteiger partial charge in [0.1, 0.15) is 0 Å². The van der Waals surface area contributed by atoms with Crippen molar-refractivity contribution in [3.8, 4) is 0 Å². The Morgan fingerprint density at radius 2 is 1.73 bits per heavy atom. The second-order valence-corrected chi connectivity index (χ2v) is 7.18. The van der Waals surface area contributed by atoms with Gasteiger partial charge in [0.05, 0.1) is 11.4 Å². The van der Waals surface area contributed by atoms with Crippen molar-refractivity contribution in [1.82, 2.24) is 4.90 Å². The largest absolute Gasteiger partial charge is 0.397 e. The van der Waals surface area contributed by atoms with Crippen LogP contribution in [0.2, 0.25) is 0 Å². The monoisotopic (exact) mass is 301 g/mol. The smallest absolute Gasteiger partial charge is 0.0576 e. The topological polar surface area (TPSA) is 41.3 Å². The molecule has 1 atom stereocenters. The summed E-state index contributed by atoms with van der Waals surface area (Å²) in [6.07, 6.45) is 9.69. The Morgan fingerprint density at radius 1 is 1.05 bits per heavy atom. The number of hydrogen-bond donors (Lipinski definition) is 2. The summed E-state index contributed by atoms with van der Waals surface area (Å²) < 4.78 is 0. The van der Waals surface area contributed by atoms with Gasteiger partial charge in [0.2, 0.25) is 0 Å². The Hall–Kier alpha value is -1.22. The van der Waals surface area contributed by atoms with Crippen LogP contribution in [0.4, 0.5) is 11.4 Å². The number of benzene rings is 1. The lowest BCUT2D eigenvalue weighted by Gasteiger charge is -2.41. The SMILES string of the molecule is C[C@H](C1CCCCC1)N1CCC(Nc2ccccc2N)CC1. The molecular weight excluding hydrogens is 270 g/mol. The van der Waals surface area contributed by atoms with Crippen molar-refractivity contribution in [2.24, 2.45) is 5.92 Å². The van der Waals surface area contributed by atoms with Crippen molar-refractivity contribution in [3.63, 3.8) is 0 Å². The molecule has 2 aliphatic rings. The maximum atomic E-state index is 6.04. The van der Waals surface area contributed by atoms with Crippen LogP contribution in [-0.4, -0.2) is 30.1 Å². The molecule has 0 unspecified atom stereocenters. The van der Waals surface area contributed by atoms with Crippen LogP contribution >= 0.6 is 0 Å². The van der Waals surface area contributed by atoms with Gasteiger partial charge in [-0.15, -0.1) is 0 Å². The van der Waals surface area contributed by atoms with Gasteiger partial charge in [0.15, 0.2) is 0 Å². The number of nitrogen functional groups attached to an aromatic ring is 1. The van der Waals surface area contributed by atoms with Crippen LogP contribution in [0.3, 0.4) is 0 Å². The van der Waals surface area contributed by atoms with Gasteiger partial charge in [-0.05, 0) is 50.7 Å². The molecular formula is C19H31N3. The first-order valence-electron chi connectivity index (χ1n) is 9.09. The molecule has 3 rings (SSSR count). The summed E-state index contributed by atoms with van der Waals surface area (Å²) in [5, 5.41) is 3.64. The quantitative estimate of drug-likeness (QED) is 0.822. The Balaban J connectivity index is 1.48. The van der Waals surface area contributed by atoms with E-state index in [0.717, 1.165) is 23.3 Å². The number of nitrogens with zero attached hydrogens (tertiary/aromatic N) is 1. The normalized spacial score (nSPS) is 23.3. The minimum absolute atomic E-state index is 0.569. The predicted molar refractivity (Wildman–Crippen MR) is 95.1 cm³/mol. The molecule has 1 saturated carbocycles. The summed E-state index contributed by atoms with van der Waals surface area (Å²) in [7, 11) is 0. The maximum Gasteiger partial charge on any atom is 0.0576 e. The van der Waals surface area contributed by atoms with Gasteiger partial charge in [-0.2, -0.15) is 0 Å². The number of rotatable bonds is 4. The highest BCUT2D eigenvalue weighted by Crippen LogP contribution is 2.30. The molecule has 3 heteroatoms. The standard InChI is InChI=1S/C19H31N3/c1-15(16-7-3-2-4-8-16)22-13-11-17(12-14-22)21-19-10-6-5-9-18(19)20/h5-6,9-10,15-17,21H,2-4,7-8,11-14,20H2,1H3/t15-/m1/s1. The van der Waals surface area contributed by atoms with Crippen LogP contribution < -0.4 is 11.1 Å². The second-order valence-electron chi connectivity index (χ2n) is 7.18. The summed E-state index contributed by atoms with van der Waals surface area (Å²) in [4.78, 5) is 2.72. The molecule has 1 aliphatic carbocycles. The van der Waals surface area contributed by atoms with Crippen molar-refractivity contribution >= 4 is 11.4 Å². The van der Waals surface area contributed by atoms with Crippen molar-refractivity contribution in [2.75, 3.05) is 24.1 Å². The number of hydrogen-bond acceptors (Lipinski definition) is 3. The fourth-order valence-corrected chi connectivity index (χ4v) is 4.21. The molecule has 1 heterocycles. The fraction of sp³-hybridized carbons (Fsp3) is 0.684. The van der Waals surface area contributed by atoms with Crippen LogP contribution in [-0.2, 0) is 0 Å². The molecule has 0 amide bonds. The van der Waals surface area contributed by atoms with Gasteiger partial charge in [-0.1, -0.05) is 31.4 Å². The van der Waals surface area contributed by atoms with Crippen LogP contribution in [0.15, 0.2) is 24.3 Å². The molecule has 0 aromatic heterocycles. The van der Waals surface area contributed by atoms with E-state index < -0.39 is 0 Å². The van der Waals surface area contributed by atoms with Crippen LogP contribution in [0.25, 0.3) is 0 Å². The second kappa shape index (κ2) is 7.36. The van der Waals surface area contributed by atoms with Gasteiger partial charge in [0.25, 0.3) is 0 Å². The zero-order chi connectivity index (χ0) is 15.4. The Bertz CT molecular complexity index is 460. The minimum Gasteiger partial charge on any atom is -0.397 e. The van der Waals surface area contributed by atoms with Crippen molar-refractivity contribution < 1.29 is 0 Å². The molecule has 2 fully saturated rings. The van der Waals surface area contributed by atoms with E-state index in [9.17, 15) is 0 Å². The van der Waals surface area contributed by atoms with E-state index in [4.69, 9.17) is 5.73 Å². The van der Waals surface area contributed by atoms with Crippen LogP contribution in [0, 0.1) is 5.92 Å². The van der Waals surface area contributed by atoms with Crippen LogP contribution in [0.1, 0.15) is 51.9 Å². The first-order valence-corrected chi connectivity index (χ1v) is 9.09. The van der Waals surface area contributed by atoms with Gasteiger partial charge >= 0.3 is 0 Å². The molecule has 0 radical (unpaired) electrons. The van der Waals surface area contributed by atoms with Gasteiger partial charge < -0.3 is 16.0 Å². The van der Waals surface area contributed by atoms with E-state index in [-0.39, 0.29) is 0 Å². The molecule has 1 aromatic carbocycles. The molecule has 1 aromatic rings. The van der Waals surface area contributed by atoms with E-state index in [0.29, 0.717) is 6.04 Å². The highest BCUT2D eigenvalue weighted by molar-refractivity contribution is 5.65. The molecule has 0 spiro atoms. The van der Waals surface area contributed by atoms with E-state index in [2.05, 4.69) is 29.3 Å². The van der Waals surface area contributed by atoms with E-state index in [1.54, 1.807) is 0 Å². The van der Waals surface area contributed by atoms with Crippen LogP contribution in [0.5, 0.6) is 0 Å². The first kappa shape index (κ1) is 15.7. The molecule has 3 nitrogen and oxygen atoms in total. The van der Waals surface area contributed by atoms with Crippen molar-refractivity contribution in [3.05, 3.63) is 24.3 Å². The third-order valence-electron chi connectivity index (χ3n) is 5.76. The first-order chi connectivity index (χ1) is 10.7. The number of nitrogens with two attached hydrogens (primary N) is 1. The summed E-state index contributed by atoms with van der Waals surface area (Å²) in [6, 6.07) is 9.45. The van der Waals surface area contributed by atoms with Crippen molar-refractivity contribution in [2.45, 2.75) is 64.0 Å². The lowest BCUT2D eigenvalue weighted by Crippen LogP contribution is -2.46. The fourth-order valence-electron chi connectivity index (χ4n) is 4.21. The zero-order valence-corrected chi connectivity index (χ0v) is 13.9. The summed E-state index contributed by atoms with van der Waals surface area (Å²) in [5.74, 6) is 0.933. The zero-order valence-electron chi connectivity index (χ0n) is 13.9. The molecule has 1 saturated heterocycles. The Kier molecular flexibility index (Phi) is 5.24. The third-order valence-corrected chi connectivity index (χ3v) is 5.76. The number of likely N-dealkylation sites (tertiary alicyclic amines) is 1. The highest BCUT2D eigenvalue weighted by Gasteiger charge is 2.28. The third kappa shape index (κ3) is 3.75. The minimum atomic E-state index is 0.569.